The zero-order chi connectivity index (χ0) is 13.1. The molecule has 0 saturated carbocycles. The molecule has 1 atom stereocenters. The van der Waals surface area contributed by atoms with Crippen molar-refractivity contribution in [3.63, 3.8) is 0 Å². The summed E-state index contributed by atoms with van der Waals surface area (Å²) in [6.07, 6.45) is 3.84. The highest BCUT2D eigenvalue weighted by Crippen LogP contribution is 2.32. The number of carbonyl (C=O) groups is 1. The number of nitrogens with one attached hydrogen (secondary N) is 3. The standard InChI is InChI=1S/C14H16N4O/c19-14(17-8-11-7-15-9-18-11)5-10-6-16-13-4-2-1-3-12(10)13/h1-4,7,9-10,16H,5-6,8H2,(H,15,18)(H,17,19). The molecular weight excluding hydrogens is 240 g/mol. The van der Waals surface area contributed by atoms with Gasteiger partial charge in [0.15, 0.2) is 0 Å². The molecule has 0 aliphatic carbocycles. The lowest BCUT2D eigenvalue weighted by atomic mass is 9.97. The minimum absolute atomic E-state index is 0.0677. The van der Waals surface area contributed by atoms with Crippen molar-refractivity contribution >= 4 is 11.6 Å². The first-order valence-electron chi connectivity index (χ1n) is 6.39. The van der Waals surface area contributed by atoms with Crippen molar-refractivity contribution < 1.29 is 4.79 Å². The Kier molecular flexibility index (Phi) is 3.18. The van der Waals surface area contributed by atoms with Gasteiger partial charge in [-0.3, -0.25) is 4.79 Å². The minimum Gasteiger partial charge on any atom is -0.384 e. The molecule has 3 rings (SSSR count). The summed E-state index contributed by atoms with van der Waals surface area (Å²) < 4.78 is 0. The van der Waals surface area contributed by atoms with Crippen LogP contribution >= 0.6 is 0 Å². The third kappa shape index (κ3) is 2.59. The van der Waals surface area contributed by atoms with Gasteiger partial charge in [-0.15, -0.1) is 0 Å². The Balaban J connectivity index is 1.56. The van der Waals surface area contributed by atoms with Gasteiger partial charge >= 0.3 is 0 Å². The highest BCUT2D eigenvalue weighted by atomic mass is 16.1. The number of aromatic amines is 1. The number of imidazole rings is 1. The average molecular weight is 256 g/mol. The minimum atomic E-state index is 0.0677. The molecule has 1 amide bonds. The predicted octanol–water partition coefficient (Wildman–Crippen LogP) is 1.63. The van der Waals surface area contributed by atoms with E-state index in [1.807, 2.05) is 12.1 Å². The number of amides is 1. The summed E-state index contributed by atoms with van der Waals surface area (Å²) in [4.78, 5) is 18.8. The second kappa shape index (κ2) is 5.14. The monoisotopic (exact) mass is 256 g/mol. The summed E-state index contributed by atoms with van der Waals surface area (Å²) in [5.41, 5.74) is 3.30. The molecule has 2 heterocycles. The lowest BCUT2D eigenvalue weighted by Crippen LogP contribution is -2.25. The van der Waals surface area contributed by atoms with Gasteiger partial charge in [0.2, 0.25) is 5.91 Å². The van der Waals surface area contributed by atoms with Crippen molar-refractivity contribution in [2.75, 3.05) is 11.9 Å². The van der Waals surface area contributed by atoms with E-state index in [1.54, 1.807) is 12.5 Å². The Morgan fingerprint density at radius 3 is 3.16 bits per heavy atom. The maximum atomic E-state index is 11.9. The second-order valence-corrected chi connectivity index (χ2v) is 4.72. The van der Waals surface area contributed by atoms with E-state index in [0.717, 1.165) is 17.9 Å². The molecule has 0 fully saturated rings. The van der Waals surface area contributed by atoms with E-state index in [2.05, 4.69) is 32.7 Å². The van der Waals surface area contributed by atoms with Crippen LogP contribution in [0.1, 0.15) is 23.6 Å². The summed E-state index contributed by atoms with van der Waals surface area (Å²) in [5, 5.41) is 6.23. The third-order valence-electron chi connectivity index (χ3n) is 3.40. The van der Waals surface area contributed by atoms with Gasteiger partial charge in [-0.25, -0.2) is 4.98 Å². The van der Waals surface area contributed by atoms with Crippen LogP contribution in [0, 0.1) is 0 Å². The van der Waals surface area contributed by atoms with Crippen LogP contribution in [0.3, 0.4) is 0 Å². The van der Waals surface area contributed by atoms with Gasteiger partial charge in [0.1, 0.15) is 0 Å². The Bertz CT molecular complexity index is 565. The molecule has 19 heavy (non-hydrogen) atoms. The highest BCUT2D eigenvalue weighted by molar-refractivity contribution is 5.78. The van der Waals surface area contributed by atoms with Crippen molar-refractivity contribution in [1.82, 2.24) is 15.3 Å². The van der Waals surface area contributed by atoms with Crippen LogP contribution < -0.4 is 10.6 Å². The van der Waals surface area contributed by atoms with Gasteiger partial charge in [-0.2, -0.15) is 0 Å². The van der Waals surface area contributed by atoms with Gasteiger partial charge in [-0.1, -0.05) is 18.2 Å². The average Bonchev–Trinajstić information content (AvgIpc) is 3.07. The normalized spacial score (nSPS) is 16.7. The topological polar surface area (TPSA) is 69.8 Å². The van der Waals surface area contributed by atoms with Crippen LogP contribution in [0.4, 0.5) is 5.69 Å². The number of anilines is 1. The first-order valence-corrected chi connectivity index (χ1v) is 6.39. The van der Waals surface area contributed by atoms with E-state index < -0.39 is 0 Å². The zero-order valence-corrected chi connectivity index (χ0v) is 10.5. The van der Waals surface area contributed by atoms with Crippen molar-refractivity contribution in [1.29, 1.82) is 0 Å². The summed E-state index contributed by atoms with van der Waals surface area (Å²) in [5.74, 6) is 0.330. The fourth-order valence-electron chi connectivity index (χ4n) is 2.41. The summed E-state index contributed by atoms with van der Waals surface area (Å²) in [6, 6.07) is 8.16. The quantitative estimate of drug-likeness (QED) is 0.778. The Morgan fingerprint density at radius 2 is 2.32 bits per heavy atom. The largest absolute Gasteiger partial charge is 0.384 e. The number of rotatable bonds is 4. The fourth-order valence-corrected chi connectivity index (χ4v) is 2.41. The van der Waals surface area contributed by atoms with E-state index >= 15 is 0 Å². The smallest absolute Gasteiger partial charge is 0.221 e. The molecule has 1 aromatic carbocycles. The number of fused-ring (bicyclic) bond motifs is 1. The number of hydrogen-bond acceptors (Lipinski definition) is 3. The van der Waals surface area contributed by atoms with Crippen LogP contribution in [-0.4, -0.2) is 22.4 Å². The van der Waals surface area contributed by atoms with Gasteiger partial charge in [0, 0.05) is 30.8 Å². The molecular formula is C14H16N4O. The fraction of sp³-hybridized carbons (Fsp3) is 0.286. The van der Waals surface area contributed by atoms with Crippen LogP contribution in [0.2, 0.25) is 0 Å². The lowest BCUT2D eigenvalue weighted by molar-refractivity contribution is -0.121. The van der Waals surface area contributed by atoms with Crippen LogP contribution in [-0.2, 0) is 11.3 Å². The maximum absolute atomic E-state index is 11.9. The van der Waals surface area contributed by atoms with E-state index in [9.17, 15) is 4.79 Å². The van der Waals surface area contributed by atoms with E-state index in [1.165, 1.54) is 5.56 Å². The molecule has 2 aromatic rings. The second-order valence-electron chi connectivity index (χ2n) is 4.72. The van der Waals surface area contributed by atoms with Crippen molar-refractivity contribution in [2.24, 2.45) is 0 Å². The molecule has 1 aliphatic rings. The number of benzene rings is 1. The van der Waals surface area contributed by atoms with E-state index in [0.29, 0.717) is 13.0 Å². The molecule has 98 valence electrons. The number of aromatic nitrogens is 2. The number of carbonyl (C=O) groups excluding carboxylic acids is 1. The van der Waals surface area contributed by atoms with Gasteiger partial charge < -0.3 is 15.6 Å². The summed E-state index contributed by atoms with van der Waals surface area (Å²) in [6.45, 7) is 1.33. The molecule has 1 aromatic heterocycles. The third-order valence-corrected chi connectivity index (χ3v) is 3.40. The van der Waals surface area contributed by atoms with Crippen molar-refractivity contribution in [3.05, 3.63) is 48.0 Å². The Morgan fingerprint density at radius 1 is 1.42 bits per heavy atom. The number of para-hydroxylation sites is 1. The van der Waals surface area contributed by atoms with Crippen LogP contribution in [0.25, 0.3) is 0 Å². The molecule has 0 radical (unpaired) electrons. The summed E-state index contributed by atoms with van der Waals surface area (Å²) >= 11 is 0. The first kappa shape index (κ1) is 11.8. The molecule has 5 nitrogen and oxygen atoms in total. The number of hydrogen-bond donors (Lipinski definition) is 3. The van der Waals surface area contributed by atoms with Gasteiger partial charge in [-0.05, 0) is 11.6 Å². The van der Waals surface area contributed by atoms with Gasteiger partial charge in [0.25, 0.3) is 0 Å². The van der Waals surface area contributed by atoms with E-state index in [4.69, 9.17) is 0 Å². The predicted molar refractivity (Wildman–Crippen MR) is 72.7 cm³/mol. The Hall–Kier alpha value is -2.30. The van der Waals surface area contributed by atoms with Crippen molar-refractivity contribution in [2.45, 2.75) is 18.9 Å². The number of H-pyrrole nitrogens is 1. The lowest BCUT2D eigenvalue weighted by Gasteiger charge is -2.10. The van der Waals surface area contributed by atoms with Crippen LogP contribution in [0.15, 0.2) is 36.8 Å². The van der Waals surface area contributed by atoms with Crippen molar-refractivity contribution in [3.8, 4) is 0 Å². The molecule has 1 unspecified atom stereocenters. The molecule has 5 heteroatoms. The van der Waals surface area contributed by atoms with E-state index in [-0.39, 0.29) is 11.8 Å². The molecule has 0 spiro atoms. The molecule has 0 saturated heterocycles. The molecule has 3 N–H and O–H groups in total. The van der Waals surface area contributed by atoms with Gasteiger partial charge in [0.05, 0.1) is 18.6 Å². The van der Waals surface area contributed by atoms with Crippen LogP contribution in [0.5, 0.6) is 0 Å². The SMILES string of the molecule is O=C(CC1CNc2ccccc21)NCc1cnc[nH]1. The highest BCUT2D eigenvalue weighted by Gasteiger charge is 2.23. The maximum Gasteiger partial charge on any atom is 0.221 e. The number of nitrogens with zero attached hydrogens (tertiary/aromatic N) is 1. The first-order chi connectivity index (χ1) is 9.33. The Labute approximate surface area is 111 Å². The zero-order valence-electron chi connectivity index (χ0n) is 10.5. The molecule has 1 aliphatic heterocycles. The molecule has 0 bridgehead atoms. The summed E-state index contributed by atoms with van der Waals surface area (Å²) in [7, 11) is 0.